The Morgan fingerprint density at radius 1 is 0.867 bits per heavy atom. The molecular weight excluding hydrogens is 392 g/mol. The lowest BCUT2D eigenvalue weighted by Crippen LogP contribution is -1.97. The van der Waals surface area contributed by atoms with E-state index in [-0.39, 0.29) is 0 Å². The Hall–Kier alpha value is -3.38. The van der Waals surface area contributed by atoms with Crippen LogP contribution in [0.5, 0.6) is 5.75 Å². The van der Waals surface area contributed by atoms with Gasteiger partial charge in [0, 0.05) is 5.75 Å². The summed E-state index contributed by atoms with van der Waals surface area (Å²) in [5, 5.41) is 13.8. The van der Waals surface area contributed by atoms with Crippen LogP contribution in [-0.4, -0.2) is 21.1 Å². The summed E-state index contributed by atoms with van der Waals surface area (Å²) in [5.74, 6) is 2.40. The molecule has 0 atom stereocenters. The van der Waals surface area contributed by atoms with Crippen LogP contribution in [0.4, 0.5) is 0 Å². The van der Waals surface area contributed by atoms with Crippen LogP contribution in [0.15, 0.2) is 95.2 Å². The average Bonchev–Trinajstić information content (AvgIpc) is 3.16. The van der Waals surface area contributed by atoms with Crippen LogP contribution in [-0.2, 0) is 12.4 Å². The first-order chi connectivity index (χ1) is 14.8. The molecule has 4 rings (SSSR count). The summed E-state index contributed by atoms with van der Waals surface area (Å²) in [6.07, 6.45) is 1.81. The number of rotatable bonds is 8. The van der Waals surface area contributed by atoms with Crippen molar-refractivity contribution in [2.75, 3.05) is 0 Å². The molecule has 30 heavy (non-hydrogen) atoms. The molecule has 0 aliphatic carbocycles. The third-order valence-corrected chi connectivity index (χ3v) is 5.42. The van der Waals surface area contributed by atoms with E-state index in [0.29, 0.717) is 6.61 Å². The monoisotopic (exact) mass is 414 g/mol. The van der Waals surface area contributed by atoms with Crippen LogP contribution in [0, 0.1) is 6.92 Å². The van der Waals surface area contributed by atoms with Crippen LogP contribution >= 0.6 is 11.8 Å². The zero-order valence-corrected chi connectivity index (χ0v) is 17.5. The highest BCUT2D eigenvalue weighted by molar-refractivity contribution is 7.98. The van der Waals surface area contributed by atoms with Crippen molar-refractivity contribution in [1.82, 2.24) is 14.9 Å². The third kappa shape index (κ3) is 5.36. The smallest absolute Gasteiger partial charge is 0.212 e. The Labute approximate surface area is 180 Å². The SMILES string of the molecule is Cc1nnc(SCc2ccccc2)n1/N=C\c1ccc(OCc2ccccc2)cc1. The minimum Gasteiger partial charge on any atom is -0.489 e. The van der Waals surface area contributed by atoms with E-state index in [1.807, 2.05) is 73.8 Å². The molecule has 0 amide bonds. The molecule has 0 fully saturated rings. The molecule has 0 saturated heterocycles. The quantitative estimate of drug-likeness (QED) is 0.288. The molecule has 0 saturated carbocycles. The first-order valence-corrected chi connectivity index (χ1v) is 10.7. The molecule has 0 bridgehead atoms. The van der Waals surface area contributed by atoms with Gasteiger partial charge in [0.1, 0.15) is 12.4 Å². The van der Waals surface area contributed by atoms with Gasteiger partial charge in [-0.1, -0.05) is 72.4 Å². The van der Waals surface area contributed by atoms with Gasteiger partial charge in [-0.2, -0.15) is 9.78 Å². The van der Waals surface area contributed by atoms with Crippen molar-refractivity contribution >= 4 is 18.0 Å². The Morgan fingerprint density at radius 3 is 2.23 bits per heavy atom. The van der Waals surface area contributed by atoms with E-state index in [2.05, 4.69) is 39.6 Å². The summed E-state index contributed by atoms with van der Waals surface area (Å²) in [7, 11) is 0. The van der Waals surface area contributed by atoms with Gasteiger partial charge in [0.25, 0.3) is 0 Å². The Bertz CT molecular complexity index is 1090. The maximum atomic E-state index is 5.84. The topological polar surface area (TPSA) is 52.3 Å². The molecule has 0 unspecified atom stereocenters. The van der Waals surface area contributed by atoms with Gasteiger partial charge in [-0.3, -0.25) is 0 Å². The van der Waals surface area contributed by atoms with E-state index >= 15 is 0 Å². The van der Waals surface area contributed by atoms with Gasteiger partial charge in [-0.25, -0.2) is 0 Å². The van der Waals surface area contributed by atoms with E-state index in [9.17, 15) is 0 Å². The molecule has 1 aromatic heterocycles. The second kappa shape index (κ2) is 9.89. The molecule has 0 radical (unpaired) electrons. The highest BCUT2D eigenvalue weighted by Crippen LogP contribution is 2.21. The summed E-state index contributed by atoms with van der Waals surface area (Å²) in [4.78, 5) is 0. The number of aromatic nitrogens is 3. The number of thioether (sulfide) groups is 1. The Kier molecular flexibility index (Phi) is 6.57. The fraction of sp³-hybridized carbons (Fsp3) is 0.125. The first kappa shape index (κ1) is 19.9. The fourth-order valence-corrected chi connectivity index (χ4v) is 3.69. The summed E-state index contributed by atoms with van der Waals surface area (Å²) < 4.78 is 7.61. The normalized spacial score (nSPS) is 11.1. The standard InChI is InChI=1S/C24H22N4OS/c1-19-26-27-24(30-18-22-10-6-3-7-11-22)28(19)25-16-20-12-14-23(15-13-20)29-17-21-8-4-2-5-9-21/h2-16H,17-18H2,1H3/b25-16-. The fourth-order valence-electron chi connectivity index (χ4n) is 2.80. The molecule has 5 nitrogen and oxygen atoms in total. The van der Waals surface area contributed by atoms with Crippen molar-refractivity contribution in [3.05, 3.63) is 107 Å². The largest absolute Gasteiger partial charge is 0.489 e. The van der Waals surface area contributed by atoms with Crippen molar-refractivity contribution in [2.24, 2.45) is 5.10 Å². The lowest BCUT2D eigenvalue weighted by Gasteiger charge is -2.06. The lowest BCUT2D eigenvalue weighted by atomic mass is 10.2. The zero-order valence-electron chi connectivity index (χ0n) is 16.7. The number of hydrogen-bond donors (Lipinski definition) is 0. The van der Waals surface area contributed by atoms with Crippen LogP contribution in [0.25, 0.3) is 0 Å². The van der Waals surface area contributed by atoms with Gasteiger partial charge in [-0.05, 0) is 47.9 Å². The predicted molar refractivity (Wildman–Crippen MR) is 121 cm³/mol. The summed E-state index contributed by atoms with van der Waals surface area (Å²) >= 11 is 1.62. The van der Waals surface area contributed by atoms with Crippen LogP contribution in [0.1, 0.15) is 22.5 Å². The maximum absolute atomic E-state index is 5.84. The number of aryl methyl sites for hydroxylation is 1. The van der Waals surface area contributed by atoms with Crippen LogP contribution < -0.4 is 4.74 Å². The highest BCUT2D eigenvalue weighted by atomic mass is 32.2. The zero-order chi connectivity index (χ0) is 20.6. The number of ether oxygens (including phenoxy) is 1. The first-order valence-electron chi connectivity index (χ1n) is 9.68. The Morgan fingerprint density at radius 2 is 1.53 bits per heavy atom. The van der Waals surface area contributed by atoms with Crippen LogP contribution in [0.3, 0.4) is 0 Å². The Balaban J connectivity index is 1.38. The third-order valence-electron chi connectivity index (χ3n) is 4.43. The second-order valence-electron chi connectivity index (χ2n) is 6.70. The van der Waals surface area contributed by atoms with Gasteiger partial charge in [0.2, 0.25) is 5.16 Å². The molecule has 0 N–H and O–H groups in total. The summed E-state index contributed by atoms with van der Waals surface area (Å²) in [6.45, 7) is 2.45. The maximum Gasteiger partial charge on any atom is 0.212 e. The van der Waals surface area contributed by atoms with E-state index in [1.54, 1.807) is 16.4 Å². The molecule has 1 heterocycles. The number of benzene rings is 3. The highest BCUT2D eigenvalue weighted by Gasteiger charge is 2.08. The van der Waals surface area contributed by atoms with Gasteiger partial charge in [0.15, 0.2) is 5.82 Å². The average molecular weight is 415 g/mol. The van der Waals surface area contributed by atoms with Crippen molar-refractivity contribution in [2.45, 2.75) is 24.4 Å². The molecule has 6 heteroatoms. The van der Waals surface area contributed by atoms with Gasteiger partial charge in [0.05, 0.1) is 6.21 Å². The molecule has 150 valence electrons. The molecular formula is C24H22N4OS. The van der Waals surface area contributed by atoms with E-state index in [0.717, 1.165) is 33.6 Å². The van der Waals surface area contributed by atoms with Crippen molar-refractivity contribution in [1.29, 1.82) is 0 Å². The van der Waals surface area contributed by atoms with E-state index < -0.39 is 0 Å². The van der Waals surface area contributed by atoms with Crippen LogP contribution in [0.2, 0.25) is 0 Å². The van der Waals surface area contributed by atoms with E-state index in [1.165, 1.54) is 5.56 Å². The minimum absolute atomic E-state index is 0.552. The van der Waals surface area contributed by atoms with Gasteiger partial charge in [-0.15, -0.1) is 10.2 Å². The molecule has 0 aliphatic heterocycles. The summed E-state index contributed by atoms with van der Waals surface area (Å²) in [6, 6.07) is 28.3. The molecule has 4 aromatic rings. The number of hydrogen-bond acceptors (Lipinski definition) is 5. The predicted octanol–water partition coefficient (Wildman–Crippen LogP) is 5.34. The van der Waals surface area contributed by atoms with E-state index in [4.69, 9.17) is 4.74 Å². The van der Waals surface area contributed by atoms with Gasteiger partial charge < -0.3 is 4.74 Å². The number of nitrogens with zero attached hydrogens (tertiary/aromatic N) is 4. The minimum atomic E-state index is 0.552. The molecule has 3 aromatic carbocycles. The molecule has 0 aliphatic rings. The second-order valence-corrected chi connectivity index (χ2v) is 7.65. The van der Waals surface area contributed by atoms with Crippen molar-refractivity contribution < 1.29 is 4.74 Å². The van der Waals surface area contributed by atoms with Crippen molar-refractivity contribution in [3.8, 4) is 5.75 Å². The molecule has 0 spiro atoms. The summed E-state index contributed by atoms with van der Waals surface area (Å²) in [5.41, 5.74) is 3.37. The lowest BCUT2D eigenvalue weighted by molar-refractivity contribution is 0.306. The van der Waals surface area contributed by atoms with Crippen molar-refractivity contribution in [3.63, 3.8) is 0 Å². The van der Waals surface area contributed by atoms with Gasteiger partial charge >= 0.3 is 0 Å².